The highest BCUT2D eigenvalue weighted by Gasteiger charge is 2.52. The molecule has 1 fully saturated rings. The second-order valence-electron chi connectivity index (χ2n) is 5.45. The van der Waals surface area contributed by atoms with Crippen molar-refractivity contribution in [3.63, 3.8) is 0 Å². The normalized spacial score (nSPS) is 25.2. The Bertz CT molecular complexity index is 602. The van der Waals surface area contributed by atoms with Crippen molar-refractivity contribution in [3.8, 4) is 0 Å². The highest BCUT2D eigenvalue weighted by atomic mass is 16.3. The molecule has 0 spiro atoms. The van der Waals surface area contributed by atoms with E-state index < -0.39 is 0 Å². The second-order valence-corrected chi connectivity index (χ2v) is 5.45. The number of hydrogen-bond donors (Lipinski definition) is 1. The molecule has 1 heterocycles. The molecule has 2 unspecified atom stereocenters. The molecular weight excluding hydrogens is 248 g/mol. The molecule has 3 rings (SSSR count). The maximum Gasteiger partial charge on any atom is 0.0562 e. The summed E-state index contributed by atoms with van der Waals surface area (Å²) in [6.07, 6.45) is 9.31. The Morgan fingerprint density at radius 3 is 2.80 bits per heavy atom. The van der Waals surface area contributed by atoms with E-state index in [1.165, 1.54) is 5.56 Å². The van der Waals surface area contributed by atoms with Crippen LogP contribution < -0.4 is 0 Å². The quantitative estimate of drug-likeness (QED) is 0.905. The number of aliphatic hydroxyl groups is 1. The molecule has 3 heteroatoms. The predicted octanol–water partition coefficient (Wildman–Crippen LogP) is 2.87. The summed E-state index contributed by atoms with van der Waals surface area (Å²) in [5.41, 5.74) is 2.41. The zero-order valence-electron chi connectivity index (χ0n) is 11.7. The standard InChI is InChI=1S/C17H20N2O/c1-2-19-12-14(11-18-19)8-9-17(10-16(17)13-20)15-6-4-3-5-7-15/h3-9,11-12,16,20H,2,10,13H2,1H3. The van der Waals surface area contributed by atoms with Gasteiger partial charge in [0.25, 0.3) is 0 Å². The minimum atomic E-state index is 0.00429. The van der Waals surface area contributed by atoms with E-state index in [1.807, 2.05) is 23.1 Å². The van der Waals surface area contributed by atoms with Crippen LogP contribution in [0.4, 0.5) is 0 Å². The van der Waals surface area contributed by atoms with Crippen molar-refractivity contribution in [2.75, 3.05) is 6.61 Å². The van der Waals surface area contributed by atoms with E-state index >= 15 is 0 Å². The van der Waals surface area contributed by atoms with Crippen molar-refractivity contribution in [2.24, 2.45) is 5.92 Å². The van der Waals surface area contributed by atoms with Crippen LogP contribution in [-0.2, 0) is 12.0 Å². The lowest BCUT2D eigenvalue weighted by atomic mass is 9.92. The van der Waals surface area contributed by atoms with Gasteiger partial charge in [-0.3, -0.25) is 4.68 Å². The molecule has 1 saturated carbocycles. The zero-order chi connectivity index (χ0) is 14.0. The molecule has 20 heavy (non-hydrogen) atoms. The lowest BCUT2D eigenvalue weighted by Gasteiger charge is -2.12. The Hall–Kier alpha value is -1.87. The summed E-state index contributed by atoms with van der Waals surface area (Å²) in [5.74, 6) is 0.336. The van der Waals surface area contributed by atoms with E-state index in [-0.39, 0.29) is 12.0 Å². The maximum absolute atomic E-state index is 9.49. The van der Waals surface area contributed by atoms with Crippen molar-refractivity contribution in [1.29, 1.82) is 0 Å². The number of rotatable bonds is 5. The van der Waals surface area contributed by atoms with Gasteiger partial charge in [0.1, 0.15) is 0 Å². The van der Waals surface area contributed by atoms with Gasteiger partial charge in [0, 0.05) is 30.3 Å². The Morgan fingerprint density at radius 2 is 2.20 bits per heavy atom. The zero-order valence-corrected chi connectivity index (χ0v) is 11.7. The molecule has 1 aromatic heterocycles. The topological polar surface area (TPSA) is 38.0 Å². The highest BCUT2D eigenvalue weighted by molar-refractivity contribution is 5.54. The first-order chi connectivity index (χ1) is 9.78. The third-order valence-corrected chi connectivity index (χ3v) is 4.23. The molecule has 0 aliphatic heterocycles. The molecule has 1 aliphatic carbocycles. The van der Waals surface area contributed by atoms with Crippen LogP contribution in [0.3, 0.4) is 0 Å². The molecule has 0 saturated heterocycles. The Kier molecular flexibility index (Phi) is 3.45. The van der Waals surface area contributed by atoms with E-state index in [9.17, 15) is 5.11 Å². The van der Waals surface area contributed by atoms with Crippen LogP contribution in [0, 0.1) is 5.92 Å². The summed E-state index contributed by atoms with van der Waals surface area (Å²) in [6.45, 7) is 3.21. The van der Waals surface area contributed by atoms with Gasteiger partial charge in [-0.05, 0) is 24.8 Å². The second kappa shape index (κ2) is 5.25. The van der Waals surface area contributed by atoms with Crippen molar-refractivity contribution in [2.45, 2.75) is 25.3 Å². The van der Waals surface area contributed by atoms with Crippen molar-refractivity contribution in [1.82, 2.24) is 9.78 Å². The Labute approximate surface area is 119 Å². The minimum absolute atomic E-state index is 0.00429. The first-order valence-electron chi connectivity index (χ1n) is 7.16. The maximum atomic E-state index is 9.49. The fraction of sp³-hybridized carbons (Fsp3) is 0.353. The van der Waals surface area contributed by atoms with E-state index in [0.717, 1.165) is 18.5 Å². The molecule has 2 atom stereocenters. The van der Waals surface area contributed by atoms with Crippen LogP contribution in [0.1, 0.15) is 24.5 Å². The number of aromatic nitrogens is 2. The van der Waals surface area contributed by atoms with Gasteiger partial charge in [0.2, 0.25) is 0 Å². The predicted molar refractivity (Wildman–Crippen MR) is 80.2 cm³/mol. The number of aliphatic hydroxyl groups excluding tert-OH is 1. The van der Waals surface area contributed by atoms with Crippen molar-refractivity contribution >= 4 is 6.08 Å². The minimum Gasteiger partial charge on any atom is -0.396 e. The number of hydrogen-bond acceptors (Lipinski definition) is 2. The van der Waals surface area contributed by atoms with Crippen molar-refractivity contribution < 1.29 is 5.11 Å². The summed E-state index contributed by atoms with van der Waals surface area (Å²) in [6, 6.07) is 10.5. The monoisotopic (exact) mass is 268 g/mol. The Morgan fingerprint density at radius 1 is 1.40 bits per heavy atom. The molecule has 1 N–H and O–H groups in total. The van der Waals surface area contributed by atoms with Crippen LogP contribution in [0.2, 0.25) is 0 Å². The number of allylic oxidation sites excluding steroid dienone is 1. The van der Waals surface area contributed by atoms with Gasteiger partial charge in [-0.2, -0.15) is 5.10 Å². The molecule has 104 valence electrons. The molecule has 2 aromatic rings. The van der Waals surface area contributed by atoms with E-state index in [1.54, 1.807) is 0 Å². The van der Waals surface area contributed by atoms with Crippen LogP contribution in [0.15, 0.2) is 48.8 Å². The number of nitrogens with zero attached hydrogens (tertiary/aromatic N) is 2. The van der Waals surface area contributed by atoms with E-state index in [0.29, 0.717) is 5.92 Å². The van der Waals surface area contributed by atoms with Gasteiger partial charge in [0.15, 0.2) is 0 Å². The summed E-state index contributed by atoms with van der Waals surface area (Å²) in [7, 11) is 0. The van der Waals surface area contributed by atoms with Crippen molar-refractivity contribution in [3.05, 3.63) is 59.9 Å². The van der Waals surface area contributed by atoms with Crippen LogP contribution >= 0.6 is 0 Å². The van der Waals surface area contributed by atoms with Gasteiger partial charge in [-0.15, -0.1) is 0 Å². The van der Waals surface area contributed by atoms with Crippen LogP contribution in [0.5, 0.6) is 0 Å². The molecule has 3 nitrogen and oxygen atoms in total. The molecule has 1 aromatic carbocycles. The third kappa shape index (κ3) is 2.29. The summed E-state index contributed by atoms with van der Waals surface area (Å²) in [5, 5.41) is 13.8. The SMILES string of the molecule is CCn1cc(C=CC2(c3ccccc3)CC2CO)cn1. The molecule has 0 bridgehead atoms. The lowest BCUT2D eigenvalue weighted by molar-refractivity contribution is 0.268. The van der Waals surface area contributed by atoms with Gasteiger partial charge in [0.05, 0.1) is 6.20 Å². The average Bonchev–Trinajstić information content (AvgIpc) is 3.05. The fourth-order valence-corrected chi connectivity index (χ4v) is 2.86. The lowest BCUT2D eigenvalue weighted by Crippen LogP contribution is -2.08. The van der Waals surface area contributed by atoms with E-state index in [2.05, 4.69) is 48.4 Å². The molecule has 0 amide bonds. The van der Waals surface area contributed by atoms with E-state index in [4.69, 9.17) is 0 Å². The first kappa shape index (κ1) is 13.1. The van der Waals surface area contributed by atoms with Gasteiger partial charge < -0.3 is 5.11 Å². The Balaban J connectivity index is 1.86. The number of aryl methyl sites for hydroxylation is 1. The number of benzene rings is 1. The van der Waals surface area contributed by atoms with Gasteiger partial charge in [-0.25, -0.2) is 0 Å². The third-order valence-electron chi connectivity index (χ3n) is 4.23. The highest BCUT2D eigenvalue weighted by Crippen LogP contribution is 2.55. The molecule has 1 aliphatic rings. The molecule has 0 radical (unpaired) electrons. The molecular formula is C17H20N2O. The van der Waals surface area contributed by atoms with Crippen LogP contribution in [0.25, 0.3) is 6.08 Å². The van der Waals surface area contributed by atoms with Gasteiger partial charge in [-0.1, -0.05) is 42.5 Å². The summed E-state index contributed by atoms with van der Waals surface area (Å²) in [4.78, 5) is 0. The first-order valence-corrected chi connectivity index (χ1v) is 7.16. The average molecular weight is 268 g/mol. The largest absolute Gasteiger partial charge is 0.396 e. The fourth-order valence-electron chi connectivity index (χ4n) is 2.86. The van der Waals surface area contributed by atoms with Gasteiger partial charge >= 0.3 is 0 Å². The summed E-state index contributed by atoms with van der Waals surface area (Å²) >= 11 is 0. The summed E-state index contributed by atoms with van der Waals surface area (Å²) < 4.78 is 1.92. The van der Waals surface area contributed by atoms with Crippen LogP contribution in [-0.4, -0.2) is 21.5 Å². The smallest absolute Gasteiger partial charge is 0.0562 e.